The van der Waals surface area contributed by atoms with Crippen molar-refractivity contribution in [3.05, 3.63) is 135 Å². The minimum absolute atomic E-state index is 0.144. The Balaban J connectivity index is 1.39. The van der Waals surface area contributed by atoms with E-state index in [0.717, 1.165) is 58.6 Å². The van der Waals surface area contributed by atoms with E-state index in [1.807, 2.05) is 12.1 Å². The van der Waals surface area contributed by atoms with Gasteiger partial charge in [0.25, 0.3) is 0 Å². The number of nitrogens with one attached hydrogen (secondary N) is 1. The van der Waals surface area contributed by atoms with E-state index in [1.54, 1.807) is 19.1 Å². The Labute approximate surface area is 271 Å². The van der Waals surface area contributed by atoms with Gasteiger partial charge in [0, 0.05) is 35.4 Å². The first kappa shape index (κ1) is 32.2. The third-order valence-corrected chi connectivity index (χ3v) is 8.70. The van der Waals surface area contributed by atoms with Crippen molar-refractivity contribution in [1.29, 1.82) is 0 Å². The zero-order valence-electron chi connectivity index (χ0n) is 26.6. The molecule has 0 bridgehead atoms. The molecule has 4 aromatic rings. The van der Waals surface area contributed by atoms with Gasteiger partial charge < -0.3 is 20.2 Å². The molecule has 3 aromatic carbocycles. The molecule has 0 saturated carbocycles. The molecule has 6 rings (SSSR count). The molecule has 2 atom stereocenters. The summed E-state index contributed by atoms with van der Waals surface area (Å²) in [4.78, 5) is 13.3. The fourth-order valence-electron chi connectivity index (χ4n) is 6.56. The molecule has 0 fully saturated rings. The van der Waals surface area contributed by atoms with Gasteiger partial charge in [0.15, 0.2) is 11.6 Å². The first-order valence-corrected chi connectivity index (χ1v) is 15.8. The number of rotatable bonds is 11. The second-order valence-electron chi connectivity index (χ2n) is 12.6. The number of amides is 1. The van der Waals surface area contributed by atoms with Crippen LogP contribution in [0.4, 0.5) is 13.2 Å². The van der Waals surface area contributed by atoms with Crippen LogP contribution in [-0.2, 0) is 29.0 Å². The van der Waals surface area contributed by atoms with E-state index in [0.29, 0.717) is 47.8 Å². The molecular formula is C37H37F3N4O3. The third-order valence-electron chi connectivity index (χ3n) is 8.70. The Morgan fingerprint density at radius 1 is 0.979 bits per heavy atom. The number of aryl methyl sites for hydroxylation is 3. The van der Waals surface area contributed by atoms with Crippen molar-refractivity contribution in [2.75, 3.05) is 0 Å². The lowest BCUT2D eigenvalue weighted by atomic mass is 9.77. The van der Waals surface area contributed by atoms with E-state index in [-0.39, 0.29) is 24.4 Å². The van der Waals surface area contributed by atoms with Crippen molar-refractivity contribution in [2.45, 2.75) is 71.5 Å². The number of ether oxygens (including phenoxy) is 1. The average molecular weight is 643 g/mol. The summed E-state index contributed by atoms with van der Waals surface area (Å²) in [6, 6.07) is 16.2. The Morgan fingerprint density at radius 2 is 1.74 bits per heavy atom. The van der Waals surface area contributed by atoms with E-state index >= 15 is 0 Å². The maximum Gasteiger partial charge on any atom is 0.247 e. The molecule has 2 unspecified atom stereocenters. The monoisotopic (exact) mass is 642 g/mol. The lowest BCUT2D eigenvalue weighted by Crippen LogP contribution is -2.33. The van der Waals surface area contributed by atoms with Crippen LogP contribution in [0.2, 0.25) is 0 Å². The molecule has 7 nitrogen and oxygen atoms in total. The number of hydrogen-bond donors (Lipinski definition) is 2. The fourth-order valence-corrected chi connectivity index (χ4v) is 6.56. The number of carbonyl (C=O) groups is 1. The first-order chi connectivity index (χ1) is 22.6. The van der Waals surface area contributed by atoms with Crippen LogP contribution in [0.3, 0.4) is 0 Å². The van der Waals surface area contributed by atoms with Gasteiger partial charge in [-0.25, -0.2) is 13.2 Å². The van der Waals surface area contributed by atoms with Crippen molar-refractivity contribution < 1.29 is 27.1 Å². The smallest absolute Gasteiger partial charge is 0.247 e. The highest BCUT2D eigenvalue weighted by atomic mass is 19.2. The molecule has 244 valence electrons. The van der Waals surface area contributed by atoms with Gasteiger partial charge in [-0.15, -0.1) is 10.2 Å². The molecule has 0 radical (unpaired) electrons. The molecule has 1 amide bonds. The van der Waals surface area contributed by atoms with Gasteiger partial charge in [-0.1, -0.05) is 50.2 Å². The summed E-state index contributed by atoms with van der Waals surface area (Å²) < 4.78 is 53.0. The van der Waals surface area contributed by atoms with Gasteiger partial charge in [-0.2, -0.15) is 0 Å². The Morgan fingerprint density at radius 3 is 2.43 bits per heavy atom. The lowest BCUT2D eigenvalue weighted by Gasteiger charge is -2.33. The summed E-state index contributed by atoms with van der Waals surface area (Å²) in [6.07, 6.45) is 2.98. The van der Waals surface area contributed by atoms with Crippen molar-refractivity contribution in [1.82, 2.24) is 15.5 Å². The van der Waals surface area contributed by atoms with Crippen molar-refractivity contribution in [3.63, 3.8) is 0 Å². The second kappa shape index (κ2) is 13.6. The quantitative estimate of drug-likeness (QED) is 0.176. The van der Waals surface area contributed by atoms with Crippen molar-refractivity contribution in [2.24, 2.45) is 11.7 Å². The van der Waals surface area contributed by atoms with E-state index in [9.17, 15) is 18.0 Å². The number of allylic oxidation sites excluding steroid dienone is 3. The molecule has 2 heterocycles. The number of aromatic nitrogens is 2. The average Bonchev–Trinajstić information content (AvgIpc) is 3.65. The molecule has 1 aromatic heterocycles. The van der Waals surface area contributed by atoms with E-state index < -0.39 is 23.5 Å². The number of carbonyl (C=O) groups excluding carboxylic acids is 1. The van der Waals surface area contributed by atoms with Crippen LogP contribution in [-0.4, -0.2) is 16.1 Å². The van der Waals surface area contributed by atoms with Crippen LogP contribution in [0.5, 0.6) is 0 Å². The third kappa shape index (κ3) is 7.02. The summed E-state index contributed by atoms with van der Waals surface area (Å²) in [5, 5.41) is 12.0. The largest absolute Gasteiger partial charge is 0.421 e. The van der Waals surface area contributed by atoms with Crippen molar-refractivity contribution in [3.8, 4) is 0 Å². The first-order valence-electron chi connectivity index (χ1n) is 15.8. The van der Waals surface area contributed by atoms with Gasteiger partial charge in [0.2, 0.25) is 17.7 Å². The highest BCUT2D eigenvalue weighted by Crippen LogP contribution is 2.46. The zero-order chi connectivity index (χ0) is 33.2. The summed E-state index contributed by atoms with van der Waals surface area (Å²) in [6.45, 7) is 6.02. The number of primary amides is 1. The minimum Gasteiger partial charge on any atom is -0.421 e. The molecule has 0 spiro atoms. The van der Waals surface area contributed by atoms with Gasteiger partial charge in [0.1, 0.15) is 5.82 Å². The van der Waals surface area contributed by atoms with Crippen LogP contribution in [0.15, 0.2) is 82.0 Å². The van der Waals surface area contributed by atoms with Crippen molar-refractivity contribution >= 4 is 11.5 Å². The molecule has 47 heavy (non-hydrogen) atoms. The van der Waals surface area contributed by atoms with E-state index in [2.05, 4.69) is 35.4 Å². The zero-order valence-corrected chi connectivity index (χ0v) is 26.6. The van der Waals surface area contributed by atoms with Crippen LogP contribution < -0.4 is 11.1 Å². The van der Waals surface area contributed by atoms with Gasteiger partial charge >= 0.3 is 0 Å². The second-order valence-corrected chi connectivity index (χ2v) is 12.6. The maximum absolute atomic E-state index is 13.8. The predicted octanol–water partition coefficient (Wildman–Crippen LogP) is 7.52. The van der Waals surface area contributed by atoms with Gasteiger partial charge in [-0.05, 0) is 90.1 Å². The van der Waals surface area contributed by atoms with E-state index in [4.69, 9.17) is 14.9 Å². The normalized spacial score (nSPS) is 17.8. The molecule has 10 heteroatoms. The molecule has 2 aliphatic rings. The summed E-state index contributed by atoms with van der Waals surface area (Å²) >= 11 is 0. The number of hydrogen-bond acceptors (Lipinski definition) is 6. The highest BCUT2D eigenvalue weighted by molar-refractivity contribution is 5.99. The molecule has 1 aliphatic heterocycles. The lowest BCUT2D eigenvalue weighted by molar-refractivity contribution is -0.114. The number of nitrogens with zero attached hydrogens (tertiary/aromatic N) is 2. The number of dihydropyridines is 1. The van der Waals surface area contributed by atoms with Crippen LogP contribution in [0.1, 0.15) is 84.7 Å². The summed E-state index contributed by atoms with van der Waals surface area (Å²) in [5.41, 5.74) is 13.3. The summed E-state index contributed by atoms with van der Waals surface area (Å²) in [5.74, 6) is -2.32. The van der Waals surface area contributed by atoms with Crippen LogP contribution in [0, 0.1) is 30.3 Å². The van der Waals surface area contributed by atoms with E-state index in [1.165, 1.54) is 18.2 Å². The van der Waals surface area contributed by atoms with Gasteiger partial charge in [0.05, 0.1) is 12.7 Å². The topological polar surface area (TPSA) is 103 Å². The maximum atomic E-state index is 13.8. The standard InChI is InChI=1S/C37H37F3N4O3/c1-20(2)16-31-34(36(41)45)33(35(37-44-43-21(3)47-37)30(42-31)14-7-22-4-10-26(38)11-5-22)25-8-12-27-24(18-25)9-15-32(27)46-19-23-6-13-28(39)29(40)17-23/h4-6,8,10-13,17-18,20,32-33,42H,7,9,14-16,19H2,1-3H3,(H2,41,45). The SMILES string of the molecule is Cc1nnc(C2=C(CCc3ccc(F)cc3)NC(CC(C)C)=C(C(N)=O)C2c2ccc3c(c2)CCC3OCc2ccc(F)c(F)c2)o1. The Kier molecular flexibility index (Phi) is 9.31. The number of benzene rings is 3. The number of fused-ring (bicyclic) bond motifs is 1. The Bertz CT molecular complexity index is 1860. The minimum atomic E-state index is -0.906. The van der Waals surface area contributed by atoms with Crippen LogP contribution in [0.25, 0.3) is 5.57 Å². The molecular weight excluding hydrogens is 605 g/mol. The molecule has 3 N–H and O–H groups in total. The highest BCUT2D eigenvalue weighted by Gasteiger charge is 2.38. The number of nitrogens with two attached hydrogens (primary N) is 1. The number of halogens is 3. The Hall–Kier alpha value is -4.70. The van der Waals surface area contributed by atoms with Crippen LogP contribution >= 0.6 is 0 Å². The summed E-state index contributed by atoms with van der Waals surface area (Å²) in [7, 11) is 0. The molecule has 1 aliphatic carbocycles. The fraction of sp³-hybridized carbons (Fsp3) is 0.324. The molecule has 0 saturated heterocycles. The van der Waals surface area contributed by atoms with Gasteiger partial charge in [-0.3, -0.25) is 4.79 Å². The predicted molar refractivity (Wildman–Crippen MR) is 171 cm³/mol.